The number of halogens is 1. The molecule has 1 unspecified atom stereocenters. The van der Waals surface area contributed by atoms with Crippen molar-refractivity contribution in [1.29, 1.82) is 0 Å². The van der Waals surface area contributed by atoms with Crippen LogP contribution in [0.25, 0.3) is 11.4 Å². The summed E-state index contributed by atoms with van der Waals surface area (Å²) < 4.78 is 20.6. The van der Waals surface area contributed by atoms with Crippen molar-refractivity contribution in [3.8, 4) is 11.4 Å². The number of benzene rings is 1. The van der Waals surface area contributed by atoms with Gasteiger partial charge in [0, 0.05) is 31.3 Å². The number of ether oxygens (including phenoxy) is 1. The minimum absolute atomic E-state index is 0.0440. The number of aromatic nitrogens is 2. The molecule has 2 aliphatic rings. The van der Waals surface area contributed by atoms with Crippen molar-refractivity contribution >= 4 is 23.4 Å². The first-order valence-electron chi connectivity index (χ1n) is 10.7. The molecule has 0 radical (unpaired) electrons. The minimum Gasteiger partial charge on any atom is -0.377 e. The van der Waals surface area contributed by atoms with Gasteiger partial charge in [0.05, 0.1) is 43.6 Å². The van der Waals surface area contributed by atoms with Crippen molar-refractivity contribution in [3.63, 3.8) is 0 Å². The van der Waals surface area contributed by atoms with Crippen LogP contribution in [0, 0.1) is 5.82 Å². The molecular weight excluding hydrogens is 415 g/mol. The lowest BCUT2D eigenvalue weighted by atomic mass is 10.1. The lowest BCUT2D eigenvalue weighted by Crippen LogP contribution is -2.44. The maximum Gasteiger partial charge on any atom is 0.319 e. The highest BCUT2D eigenvalue weighted by Crippen LogP contribution is 2.34. The molecule has 2 aliphatic heterocycles. The molecule has 3 heterocycles. The van der Waals surface area contributed by atoms with E-state index in [1.54, 1.807) is 24.0 Å². The van der Waals surface area contributed by atoms with Crippen LogP contribution in [-0.4, -0.2) is 59.2 Å². The summed E-state index contributed by atoms with van der Waals surface area (Å²) in [6.45, 7) is 8.44. The van der Waals surface area contributed by atoms with E-state index >= 15 is 4.39 Å². The van der Waals surface area contributed by atoms with E-state index in [4.69, 9.17) is 9.72 Å². The summed E-state index contributed by atoms with van der Waals surface area (Å²) in [4.78, 5) is 36.9. The third kappa shape index (κ3) is 4.36. The SMILES string of the molecule is CCNC(=O)Nc1ccc(-c2nc3c(c(N4CCOCC4C)n2)CN(C(C)=O)C3)c(F)c1. The van der Waals surface area contributed by atoms with E-state index in [2.05, 4.69) is 20.5 Å². The number of urea groups is 1. The fourth-order valence-corrected chi connectivity index (χ4v) is 3.97. The molecule has 170 valence electrons. The van der Waals surface area contributed by atoms with Crippen molar-refractivity contribution in [2.75, 3.05) is 36.5 Å². The number of rotatable bonds is 4. The van der Waals surface area contributed by atoms with E-state index < -0.39 is 11.8 Å². The number of amides is 3. The first kappa shape index (κ1) is 21.9. The number of hydrogen-bond donors (Lipinski definition) is 2. The normalized spacial score (nSPS) is 17.8. The van der Waals surface area contributed by atoms with E-state index in [9.17, 15) is 9.59 Å². The summed E-state index contributed by atoms with van der Waals surface area (Å²) >= 11 is 0. The van der Waals surface area contributed by atoms with Gasteiger partial charge in [-0.2, -0.15) is 0 Å². The smallest absolute Gasteiger partial charge is 0.319 e. The molecule has 1 aromatic heterocycles. The summed E-state index contributed by atoms with van der Waals surface area (Å²) in [7, 11) is 0. The van der Waals surface area contributed by atoms with Crippen LogP contribution in [-0.2, 0) is 22.6 Å². The van der Waals surface area contributed by atoms with Gasteiger partial charge in [-0.15, -0.1) is 0 Å². The monoisotopic (exact) mass is 442 g/mol. The number of anilines is 2. The van der Waals surface area contributed by atoms with Gasteiger partial charge in [0.1, 0.15) is 11.6 Å². The first-order valence-corrected chi connectivity index (χ1v) is 10.7. The van der Waals surface area contributed by atoms with E-state index in [-0.39, 0.29) is 23.3 Å². The zero-order valence-electron chi connectivity index (χ0n) is 18.4. The predicted octanol–water partition coefficient (Wildman–Crippen LogP) is 2.51. The molecular formula is C22H27FN6O3. The molecule has 1 fully saturated rings. The Bertz CT molecular complexity index is 1050. The highest BCUT2D eigenvalue weighted by atomic mass is 19.1. The van der Waals surface area contributed by atoms with Crippen LogP contribution in [0.15, 0.2) is 18.2 Å². The van der Waals surface area contributed by atoms with Crippen molar-refractivity contribution < 1.29 is 18.7 Å². The third-order valence-electron chi connectivity index (χ3n) is 5.65. The summed E-state index contributed by atoms with van der Waals surface area (Å²) in [5.41, 5.74) is 2.19. The number of nitrogens with one attached hydrogen (secondary N) is 2. The number of carbonyl (C=O) groups excluding carboxylic acids is 2. The zero-order chi connectivity index (χ0) is 22.8. The van der Waals surface area contributed by atoms with Gasteiger partial charge < -0.3 is 25.2 Å². The Labute approximate surface area is 186 Å². The Morgan fingerprint density at radius 1 is 1.28 bits per heavy atom. The molecule has 2 aromatic rings. The molecule has 1 atom stereocenters. The molecule has 9 nitrogen and oxygen atoms in total. The second kappa shape index (κ2) is 9.07. The van der Waals surface area contributed by atoms with Crippen LogP contribution in [0.5, 0.6) is 0 Å². The number of carbonyl (C=O) groups is 2. The summed E-state index contributed by atoms with van der Waals surface area (Å²) in [5, 5.41) is 5.20. The van der Waals surface area contributed by atoms with Gasteiger partial charge in [-0.05, 0) is 32.0 Å². The summed E-state index contributed by atoms with van der Waals surface area (Å²) in [5.74, 6) is 0.387. The molecule has 3 amide bonds. The summed E-state index contributed by atoms with van der Waals surface area (Å²) in [6.07, 6.45) is 0. The number of fused-ring (bicyclic) bond motifs is 1. The number of hydrogen-bond acceptors (Lipinski definition) is 6. The largest absolute Gasteiger partial charge is 0.377 e. The average Bonchev–Trinajstić information content (AvgIpc) is 3.18. The van der Waals surface area contributed by atoms with Crippen molar-refractivity contribution in [2.45, 2.75) is 39.9 Å². The molecule has 1 aromatic carbocycles. The highest BCUT2D eigenvalue weighted by Gasteiger charge is 2.32. The second-order valence-electron chi connectivity index (χ2n) is 7.97. The van der Waals surface area contributed by atoms with Crippen LogP contribution in [0.4, 0.5) is 20.7 Å². The third-order valence-corrected chi connectivity index (χ3v) is 5.65. The molecule has 0 saturated carbocycles. The fraction of sp³-hybridized carbons (Fsp3) is 0.455. The number of morpholine rings is 1. The van der Waals surface area contributed by atoms with Crippen LogP contribution in [0.2, 0.25) is 0 Å². The molecule has 0 spiro atoms. The predicted molar refractivity (Wildman–Crippen MR) is 118 cm³/mol. The van der Waals surface area contributed by atoms with Crippen LogP contribution < -0.4 is 15.5 Å². The zero-order valence-corrected chi connectivity index (χ0v) is 18.4. The Hall–Kier alpha value is -3.27. The average molecular weight is 442 g/mol. The van der Waals surface area contributed by atoms with E-state index in [0.717, 1.165) is 11.3 Å². The maximum atomic E-state index is 15.0. The van der Waals surface area contributed by atoms with Crippen LogP contribution in [0.1, 0.15) is 32.0 Å². The molecule has 1 saturated heterocycles. The molecule has 2 N–H and O–H groups in total. The van der Waals surface area contributed by atoms with Crippen molar-refractivity contribution in [2.24, 2.45) is 0 Å². The van der Waals surface area contributed by atoms with E-state index in [1.807, 2.05) is 6.92 Å². The Morgan fingerprint density at radius 3 is 2.78 bits per heavy atom. The Morgan fingerprint density at radius 2 is 2.09 bits per heavy atom. The quantitative estimate of drug-likeness (QED) is 0.755. The fourth-order valence-electron chi connectivity index (χ4n) is 3.97. The lowest BCUT2D eigenvalue weighted by Gasteiger charge is -2.35. The van der Waals surface area contributed by atoms with Crippen molar-refractivity contribution in [1.82, 2.24) is 20.2 Å². The minimum atomic E-state index is -0.540. The Kier molecular flexibility index (Phi) is 6.22. The summed E-state index contributed by atoms with van der Waals surface area (Å²) in [6, 6.07) is 4.11. The van der Waals surface area contributed by atoms with Gasteiger partial charge in [-0.25, -0.2) is 19.2 Å². The van der Waals surface area contributed by atoms with E-state index in [0.29, 0.717) is 50.9 Å². The number of nitrogens with zero attached hydrogens (tertiary/aromatic N) is 4. The Balaban J connectivity index is 1.72. The van der Waals surface area contributed by atoms with Gasteiger partial charge in [0.15, 0.2) is 5.82 Å². The molecule has 32 heavy (non-hydrogen) atoms. The van der Waals surface area contributed by atoms with Crippen LogP contribution in [0.3, 0.4) is 0 Å². The van der Waals surface area contributed by atoms with E-state index in [1.165, 1.54) is 13.0 Å². The maximum absolute atomic E-state index is 15.0. The topological polar surface area (TPSA) is 99.7 Å². The second-order valence-corrected chi connectivity index (χ2v) is 7.97. The first-order chi connectivity index (χ1) is 15.4. The van der Waals surface area contributed by atoms with Crippen LogP contribution >= 0.6 is 0 Å². The molecule has 0 aliphatic carbocycles. The standard InChI is InChI=1S/C22H27FN6O3/c1-4-24-22(31)25-15-5-6-16(18(23)9-15)20-26-19-11-28(14(3)30)10-17(19)21(27-20)29-7-8-32-12-13(29)2/h5-6,9,13H,4,7-8,10-12H2,1-3H3,(H2,24,25,31). The van der Waals surface area contributed by atoms with Gasteiger partial charge in [0.2, 0.25) is 5.91 Å². The molecule has 4 rings (SSSR count). The van der Waals surface area contributed by atoms with Gasteiger partial charge in [0.25, 0.3) is 0 Å². The highest BCUT2D eigenvalue weighted by molar-refractivity contribution is 5.89. The van der Waals surface area contributed by atoms with Gasteiger partial charge in [-0.1, -0.05) is 0 Å². The van der Waals surface area contributed by atoms with Gasteiger partial charge >= 0.3 is 6.03 Å². The molecule has 10 heteroatoms. The lowest BCUT2D eigenvalue weighted by molar-refractivity contribution is -0.129. The molecule has 0 bridgehead atoms. The van der Waals surface area contributed by atoms with Gasteiger partial charge in [-0.3, -0.25) is 4.79 Å². The van der Waals surface area contributed by atoms with Crippen molar-refractivity contribution in [3.05, 3.63) is 35.3 Å².